The van der Waals surface area contributed by atoms with Crippen LogP contribution >= 0.6 is 11.8 Å². The second-order valence-corrected chi connectivity index (χ2v) is 6.03. The van der Waals surface area contributed by atoms with Crippen LogP contribution in [-0.4, -0.2) is 35.1 Å². The standard InChI is InChI=1S/C14H26N4S/c1-6-15-12-7-13(16-8-11(4)9-19-5)18-14(17-12)10(2)3/h7,10-11H,6,8-9H2,1-5H3,(H2,15,16,17,18). The molecular formula is C14H26N4S. The predicted molar refractivity (Wildman–Crippen MR) is 86.3 cm³/mol. The van der Waals surface area contributed by atoms with Gasteiger partial charge in [0.2, 0.25) is 0 Å². The molecule has 108 valence electrons. The molecule has 0 saturated carbocycles. The van der Waals surface area contributed by atoms with Crippen LogP contribution < -0.4 is 10.6 Å². The van der Waals surface area contributed by atoms with E-state index in [1.165, 1.54) is 0 Å². The SMILES string of the molecule is CCNc1cc(NCC(C)CSC)nc(C(C)C)n1. The Morgan fingerprint density at radius 3 is 2.32 bits per heavy atom. The number of thioether (sulfide) groups is 1. The number of hydrogen-bond acceptors (Lipinski definition) is 5. The van der Waals surface area contributed by atoms with E-state index < -0.39 is 0 Å². The number of hydrogen-bond donors (Lipinski definition) is 2. The van der Waals surface area contributed by atoms with Crippen LogP contribution in [0.25, 0.3) is 0 Å². The molecule has 1 unspecified atom stereocenters. The summed E-state index contributed by atoms with van der Waals surface area (Å²) in [5.74, 6) is 4.84. The summed E-state index contributed by atoms with van der Waals surface area (Å²) >= 11 is 1.88. The average molecular weight is 282 g/mol. The summed E-state index contributed by atoms with van der Waals surface area (Å²) in [6, 6.07) is 1.99. The fraction of sp³-hybridized carbons (Fsp3) is 0.714. The van der Waals surface area contributed by atoms with E-state index in [4.69, 9.17) is 0 Å². The number of anilines is 2. The molecule has 0 spiro atoms. The first-order chi connectivity index (χ1) is 9.06. The summed E-state index contributed by atoms with van der Waals surface area (Å²) in [6.07, 6.45) is 2.14. The topological polar surface area (TPSA) is 49.8 Å². The number of nitrogens with one attached hydrogen (secondary N) is 2. The molecule has 0 radical (unpaired) electrons. The minimum absolute atomic E-state index is 0.336. The molecule has 1 heterocycles. The van der Waals surface area contributed by atoms with Gasteiger partial charge in [-0.05, 0) is 24.9 Å². The summed E-state index contributed by atoms with van der Waals surface area (Å²) in [7, 11) is 0. The molecule has 1 atom stereocenters. The Kier molecular flexibility index (Phi) is 6.99. The Hall–Kier alpha value is -0.970. The van der Waals surface area contributed by atoms with E-state index in [1.54, 1.807) is 0 Å². The lowest BCUT2D eigenvalue weighted by Crippen LogP contribution is -2.15. The van der Waals surface area contributed by atoms with Crippen LogP contribution in [0.2, 0.25) is 0 Å². The van der Waals surface area contributed by atoms with Crippen LogP contribution in [0.1, 0.15) is 39.4 Å². The van der Waals surface area contributed by atoms with Gasteiger partial charge in [-0.25, -0.2) is 9.97 Å². The zero-order valence-electron chi connectivity index (χ0n) is 12.7. The van der Waals surface area contributed by atoms with Crippen molar-refractivity contribution in [2.24, 2.45) is 5.92 Å². The molecule has 1 aromatic rings. The van der Waals surface area contributed by atoms with Crippen molar-refractivity contribution in [2.75, 3.05) is 35.7 Å². The first-order valence-electron chi connectivity index (χ1n) is 6.92. The monoisotopic (exact) mass is 282 g/mol. The van der Waals surface area contributed by atoms with Crippen LogP contribution in [0, 0.1) is 5.92 Å². The number of nitrogens with zero attached hydrogens (tertiary/aromatic N) is 2. The smallest absolute Gasteiger partial charge is 0.135 e. The highest BCUT2D eigenvalue weighted by Crippen LogP contribution is 2.17. The highest BCUT2D eigenvalue weighted by atomic mass is 32.2. The van der Waals surface area contributed by atoms with Gasteiger partial charge in [0.05, 0.1) is 0 Å². The fourth-order valence-electron chi connectivity index (χ4n) is 1.71. The molecule has 19 heavy (non-hydrogen) atoms. The molecule has 0 fully saturated rings. The minimum atomic E-state index is 0.336. The average Bonchev–Trinajstić information content (AvgIpc) is 2.37. The maximum Gasteiger partial charge on any atom is 0.135 e. The van der Waals surface area contributed by atoms with Crippen molar-refractivity contribution < 1.29 is 0 Å². The predicted octanol–water partition coefficient (Wildman–Crippen LogP) is 3.44. The van der Waals surface area contributed by atoms with Crippen LogP contribution in [0.5, 0.6) is 0 Å². The number of rotatable bonds is 8. The molecule has 0 saturated heterocycles. The molecule has 4 nitrogen and oxygen atoms in total. The third-order valence-electron chi connectivity index (χ3n) is 2.70. The summed E-state index contributed by atoms with van der Waals surface area (Å²) in [5, 5.41) is 6.68. The normalized spacial score (nSPS) is 12.5. The van der Waals surface area contributed by atoms with E-state index in [0.717, 1.165) is 36.3 Å². The fourth-order valence-corrected chi connectivity index (χ4v) is 2.40. The quantitative estimate of drug-likeness (QED) is 0.765. The lowest BCUT2D eigenvalue weighted by atomic mass is 10.2. The summed E-state index contributed by atoms with van der Waals surface area (Å²) in [6.45, 7) is 10.4. The second kappa shape index (κ2) is 8.25. The summed E-state index contributed by atoms with van der Waals surface area (Å²) in [4.78, 5) is 9.10. The van der Waals surface area contributed by atoms with Crippen LogP contribution in [0.15, 0.2) is 6.07 Å². The van der Waals surface area contributed by atoms with E-state index in [2.05, 4.69) is 54.6 Å². The molecule has 5 heteroatoms. The van der Waals surface area contributed by atoms with Crippen LogP contribution in [0.3, 0.4) is 0 Å². The molecule has 0 bridgehead atoms. The van der Waals surface area contributed by atoms with Crippen molar-refractivity contribution in [3.63, 3.8) is 0 Å². The van der Waals surface area contributed by atoms with Crippen molar-refractivity contribution in [1.29, 1.82) is 0 Å². The zero-order valence-corrected chi connectivity index (χ0v) is 13.5. The van der Waals surface area contributed by atoms with Gasteiger partial charge < -0.3 is 10.6 Å². The first-order valence-corrected chi connectivity index (χ1v) is 8.31. The molecule has 0 aromatic carbocycles. The highest BCUT2D eigenvalue weighted by molar-refractivity contribution is 7.98. The lowest BCUT2D eigenvalue weighted by Gasteiger charge is -2.14. The van der Waals surface area contributed by atoms with Crippen molar-refractivity contribution in [2.45, 2.75) is 33.6 Å². The van der Waals surface area contributed by atoms with Gasteiger partial charge in [-0.15, -0.1) is 0 Å². The third-order valence-corrected chi connectivity index (χ3v) is 3.60. The van der Waals surface area contributed by atoms with Gasteiger partial charge in [0.15, 0.2) is 0 Å². The summed E-state index contributed by atoms with van der Waals surface area (Å²) in [5.41, 5.74) is 0. The maximum atomic E-state index is 4.58. The van der Waals surface area contributed by atoms with E-state index in [1.807, 2.05) is 17.8 Å². The highest BCUT2D eigenvalue weighted by Gasteiger charge is 2.08. The Balaban J connectivity index is 2.75. The Morgan fingerprint density at radius 1 is 1.16 bits per heavy atom. The van der Waals surface area contributed by atoms with Crippen LogP contribution in [-0.2, 0) is 0 Å². The molecule has 1 aromatic heterocycles. The van der Waals surface area contributed by atoms with Gasteiger partial charge in [-0.3, -0.25) is 0 Å². The lowest BCUT2D eigenvalue weighted by molar-refractivity contribution is 0.696. The van der Waals surface area contributed by atoms with Crippen molar-refractivity contribution >= 4 is 23.4 Å². The van der Waals surface area contributed by atoms with E-state index in [9.17, 15) is 0 Å². The molecular weight excluding hydrogens is 256 g/mol. The van der Waals surface area contributed by atoms with Crippen LogP contribution in [0.4, 0.5) is 11.6 Å². The van der Waals surface area contributed by atoms with E-state index in [-0.39, 0.29) is 0 Å². The Labute approximate surface area is 121 Å². The van der Waals surface area contributed by atoms with E-state index in [0.29, 0.717) is 11.8 Å². The van der Waals surface area contributed by atoms with Gasteiger partial charge in [-0.2, -0.15) is 11.8 Å². The molecule has 2 N–H and O–H groups in total. The van der Waals surface area contributed by atoms with Crippen molar-refractivity contribution in [3.05, 3.63) is 11.9 Å². The minimum Gasteiger partial charge on any atom is -0.370 e. The van der Waals surface area contributed by atoms with E-state index >= 15 is 0 Å². The Morgan fingerprint density at radius 2 is 1.79 bits per heavy atom. The molecule has 0 aliphatic carbocycles. The van der Waals surface area contributed by atoms with Gasteiger partial charge in [0.25, 0.3) is 0 Å². The van der Waals surface area contributed by atoms with Gasteiger partial charge in [-0.1, -0.05) is 20.8 Å². The zero-order chi connectivity index (χ0) is 14.3. The maximum absolute atomic E-state index is 4.58. The summed E-state index contributed by atoms with van der Waals surface area (Å²) < 4.78 is 0. The molecule has 0 aliphatic heterocycles. The molecule has 0 aliphatic rings. The van der Waals surface area contributed by atoms with Crippen molar-refractivity contribution in [3.8, 4) is 0 Å². The van der Waals surface area contributed by atoms with Gasteiger partial charge >= 0.3 is 0 Å². The van der Waals surface area contributed by atoms with Gasteiger partial charge in [0.1, 0.15) is 17.5 Å². The second-order valence-electron chi connectivity index (χ2n) is 5.12. The number of aromatic nitrogens is 2. The Bertz CT molecular complexity index is 382. The molecule has 0 amide bonds. The third kappa shape index (κ3) is 5.68. The molecule has 1 rings (SSSR count). The largest absolute Gasteiger partial charge is 0.370 e. The van der Waals surface area contributed by atoms with Gasteiger partial charge in [0, 0.05) is 25.1 Å². The van der Waals surface area contributed by atoms with Crippen molar-refractivity contribution in [1.82, 2.24) is 9.97 Å². The first kappa shape index (κ1) is 16.1.